The maximum Gasteiger partial charge on any atom is 0.226 e. The largest absolute Gasteiger partial charge is 0.508 e. The Kier molecular flexibility index (Phi) is 6.36. The van der Waals surface area contributed by atoms with Gasteiger partial charge in [-0.25, -0.2) is 0 Å². The predicted octanol–water partition coefficient (Wildman–Crippen LogP) is 2.51. The van der Waals surface area contributed by atoms with E-state index in [1.807, 2.05) is 6.07 Å². The van der Waals surface area contributed by atoms with Crippen LogP contribution in [0.25, 0.3) is 0 Å². The molecule has 1 aromatic carbocycles. The number of rotatable bonds is 7. The van der Waals surface area contributed by atoms with Gasteiger partial charge in [0.1, 0.15) is 5.75 Å². The van der Waals surface area contributed by atoms with E-state index in [0.29, 0.717) is 18.9 Å². The van der Waals surface area contributed by atoms with Gasteiger partial charge in [0.25, 0.3) is 0 Å². The normalized spacial score (nSPS) is 12.2. The number of benzene rings is 1. The lowest BCUT2D eigenvalue weighted by Crippen LogP contribution is -2.26. The second-order valence-corrected chi connectivity index (χ2v) is 4.86. The monoisotopic (exact) mass is 264 g/mol. The van der Waals surface area contributed by atoms with E-state index in [9.17, 15) is 9.90 Å². The van der Waals surface area contributed by atoms with Crippen LogP contribution < -0.4 is 10.6 Å². The van der Waals surface area contributed by atoms with E-state index in [1.54, 1.807) is 30.1 Å². The number of amides is 1. The van der Waals surface area contributed by atoms with E-state index in [-0.39, 0.29) is 11.7 Å². The van der Waals surface area contributed by atoms with Crippen LogP contribution in [0, 0.1) is 5.92 Å². The maximum absolute atomic E-state index is 12.1. The Morgan fingerprint density at radius 3 is 2.74 bits per heavy atom. The van der Waals surface area contributed by atoms with Gasteiger partial charge in [0.15, 0.2) is 0 Å². The summed E-state index contributed by atoms with van der Waals surface area (Å²) in [7, 11) is 1.74. The Balaban J connectivity index is 2.53. The van der Waals surface area contributed by atoms with Crippen molar-refractivity contribution in [2.24, 2.45) is 11.7 Å². The average molecular weight is 264 g/mol. The molecule has 0 aliphatic rings. The zero-order valence-corrected chi connectivity index (χ0v) is 11.8. The van der Waals surface area contributed by atoms with Crippen molar-refractivity contribution in [2.45, 2.75) is 32.6 Å². The summed E-state index contributed by atoms with van der Waals surface area (Å²) < 4.78 is 0. The van der Waals surface area contributed by atoms with Crippen molar-refractivity contribution in [1.29, 1.82) is 0 Å². The number of anilines is 1. The number of phenolic OH excluding ortho intramolecular Hbond substituents is 1. The highest BCUT2D eigenvalue weighted by Gasteiger charge is 2.14. The third-order valence-electron chi connectivity index (χ3n) is 3.51. The van der Waals surface area contributed by atoms with Crippen molar-refractivity contribution in [3.05, 3.63) is 24.3 Å². The molecule has 0 aliphatic carbocycles. The minimum atomic E-state index is 0.0704. The molecule has 4 heteroatoms. The number of phenols is 1. The Labute approximate surface area is 115 Å². The molecule has 0 bridgehead atoms. The van der Waals surface area contributed by atoms with Crippen LogP contribution in [0.1, 0.15) is 32.6 Å². The lowest BCUT2D eigenvalue weighted by atomic mass is 9.96. The van der Waals surface area contributed by atoms with Gasteiger partial charge in [0, 0.05) is 25.2 Å². The van der Waals surface area contributed by atoms with E-state index >= 15 is 0 Å². The zero-order valence-electron chi connectivity index (χ0n) is 11.8. The van der Waals surface area contributed by atoms with Gasteiger partial charge in [-0.15, -0.1) is 0 Å². The van der Waals surface area contributed by atoms with E-state index in [4.69, 9.17) is 5.73 Å². The first-order valence-corrected chi connectivity index (χ1v) is 6.84. The number of nitrogens with zero attached hydrogens (tertiary/aromatic N) is 1. The van der Waals surface area contributed by atoms with Crippen LogP contribution in [0.3, 0.4) is 0 Å². The van der Waals surface area contributed by atoms with Crippen molar-refractivity contribution in [3.63, 3.8) is 0 Å². The van der Waals surface area contributed by atoms with Crippen molar-refractivity contribution < 1.29 is 9.90 Å². The molecule has 0 spiro atoms. The lowest BCUT2D eigenvalue weighted by molar-refractivity contribution is -0.118. The highest BCUT2D eigenvalue weighted by Crippen LogP contribution is 2.21. The molecule has 0 radical (unpaired) electrons. The van der Waals surface area contributed by atoms with Crippen molar-refractivity contribution >= 4 is 11.6 Å². The summed E-state index contributed by atoms with van der Waals surface area (Å²) in [6, 6.07) is 6.73. The van der Waals surface area contributed by atoms with Gasteiger partial charge in [-0.1, -0.05) is 19.4 Å². The number of carbonyl (C=O) groups is 1. The molecule has 1 rings (SSSR count). The SMILES string of the molecule is CCC(CCN)CCC(=O)N(C)c1cccc(O)c1. The van der Waals surface area contributed by atoms with Crippen molar-refractivity contribution in [3.8, 4) is 5.75 Å². The van der Waals surface area contributed by atoms with E-state index in [0.717, 1.165) is 24.9 Å². The molecule has 0 fully saturated rings. The second-order valence-electron chi connectivity index (χ2n) is 4.86. The topological polar surface area (TPSA) is 66.6 Å². The summed E-state index contributed by atoms with van der Waals surface area (Å²) in [6.45, 7) is 2.80. The minimum Gasteiger partial charge on any atom is -0.508 e. The molecule has 0 saturated carbocycles. The zero-order chi connectivity index (χ0) is 14.3. The van der Waals surface area contributed by atoms with Crippen LogP contribution in [-0.2, 0) is 4.79 Å². The molecule has 0 heterocycles. The van der Waals surface area contributed by atoms with Gasteiger partial charge < -0.3 is 15.7 Å². The van der Waals surface area contributed by atoms with E-state index in [1.165, 1.54) is 0 Å². The van der Waals surface area contributed by atoms with Gasteiger partial charge in [0.05, 0.1) is 0 Å². The summed E-state index contributed by atoms with van der Waals surface area (Å²) in [4.78, 5) is 13.7. The molecule has 1 unspecified atom stereocenters. The smallest absolute Gasteiger partial charge is 0.226 e. The van der Waals surface area contributed by atoms with Gasteiger partial charge in [-0.05, 0) is 37.4 Å². The van der Waals surface area contributed by atoms with Crippen LogP contribution >= 0.6 is 0 Å². The highest BCUT2D eigenvalue weighted by molar-refractivity contribution is 5.92. The molecule has 0 saturated heterocycles. The Bertz CT molecular complexity index is 407. The molecule has 0 aliphatic heterocycles. The number of hydrogen-bond donors (Lipinski definition) is 2. The van der Waals surface area contributed by atoms with Crippen LogP contribution in [0.15, 0.2) is 24.3 Å². The summed E-state index contributed by atoms with van der Waals surface area (Å²) in [5.41, 5.74) is 6.28. The van der Waals surface area contributed by atoms with Gasteiger partial charge in [-0.3, -0.25) is 4.79 Å². The summed E-state index contributed by atoms with van der Waals surface area (Å²) in [5.74, 6) is 0.763. The fraction of sp³-hybridized carbons (Fsp3) is 0.533. The lowest BCUT2D eigenvalue weighted by Gasteiger charge is -2.19. The Morgan fingerprint density at radius 1 is 1.42 bits per heavy atom. The summed E-state index contributed by atoms with van der Waals surface area (Å²) in [5, 5.41) is 9.42. The van der Waals surface area contributed by atoms with E-state index < -0.39 is 0 Å². The van der Waals surface area contributed by atoms with Gasteiger partial charge >= 0.3 is 0 Å². The standard InChI is InChI=1S/C15H24N2O2/c1-3-12(9-10-16)7-8-15(19)17(2)13-5-4-6-14(18)11-13/h4-6,11-12,18H,3,7-10,16H2,1-2H3. The number of aromatic hydroxyl groups is 1. The molecule has 19 heavy (non-hydrogen) atoms. The van der Waals surface area contributed by atoms with Crippen molar-refractivity contribution in [2.75, 3.05) is 18.5 Å². The Morgan fingerprint density at radius 2 is 2.16 bits per heavy atom. The average Bonchev–Trinajstić information content (AvgIpc) is 2.42. The number of hydrogen-bond acceptors (Lipinski definition) is 3. The molecule has 1 amide bonds. The molecule has 106 valence electrons. The van der Waals surface area contributed by atoms with Crippen molar-refractivity contribution in [1.82, 2.24) is 0 Å². The fourth-order valence-corrected chi connectivity index (χ4v) is 2.13. The van der Waals surface area contributed by atoms with Crippen LogP contribution in [0.4, 0.5) is 5.69 Å². The first-order valence-electron chi connectivity index (χ1n) is 6.84. The molecule has 1 aromatic rings. The first-order chi connectivity index (χ1) is 9.08. The second kappa shape index (κ2) is 7.79. The predicted molar refractivity (Wildman–Crippen MR) is 78.2 cm³/mol. The van der Waals surface area contributed by atoms with Crippen LogP contribution in [0.2, 0.25) is 0 Å². The van der Waals surface area contributed by atoms with Crippen LogP contribution in [0.5, 0.6) is 5.75 Å². The minimum absolute atomic E-state index is 0.0704. The summed E-state index contributed by atoms with van der Waals surface area (Å²) in [6.07, 6.45) is 3.42. The molecular formula is C15H24N2O2. The number of nitrogens with two attached hydrogens (primary N) is 1. The third kappa shape index (κ3) is 4.91. The Hall–Kier alpha value is -1.55. The number of carbonyl (C=O) groups excluding carboxylic acids is 1. The molecule has 0 aromatic heterocycles. The van der Waals surface area contributed by atoms with Gasteiger partial charge in [-0.2, -0.15) is 0 Å². The van der Waals surface area contributed by atoms with Crippen LogP contribution in [-0.4, -0.2) is 24.6 Å². The molecular weight excluding hydrogens is 240 g/mol. The fourth-order valence-electron chi connectivity index (χ4n) is 2.13. The molecule has 4 nitrogen and oxygen atoms in total. The van der Waals surface area contributed by atoms with Gasteiger partial charge in [0.2, 0.25) is 5.91 Å². The first kappa shape index (κ1) is 15.5. The molecule has 3 N–H and O–H groups in total. The molecule has 1 atom stereocenters. The van der Waals surface area contributed by atoms with E-state index in [2.05, 4.69) is 6.92 Å². The quantitative estimate of drug-likeness (QED) is 0.795. The maximum atomic E-state index is 12.1. The third-order valence-corrected chi connectivity index (χ3v) is 3.51. The highest BCUT2D eigenvalue weighted by atomic mass is 16.3. The summed E-state index contributed by atoms with van der Waals surface area (Å²) >= 11 is 0.